The highest BCUT2D eigenvalue weighted by atomic mass is 35.5. The van der Waals surface area contributed by atoms with Gasteiger partial charge in [-0.1, -0.05) is 18.5 Å². The molecule has 29 heavy (non-hydrogen) atoms. The van der Waals surface area contributed by atoms with Crippen LogP contribution in [0.2, 0.25) is 5.02 Å². The Morgan fingerprint density at radius 1 is 1.24 bits per heavy atom. The number of amides is 1. The minimum Gasteiger partial charge on any atom is -0.507 e. The Balaban J connectivity index is 2.28. The number of ether oxygens (including phenoxy) is 2. The number of nitrogens with zero attached hydrogens (tertiary/aromatic N) is 1. The molecule has 1 aliphatic heterocycles. The lowest BCUT2D eigenvalue weighted by Gasteiger charge is -2.24. The molecular formula is C21H22ClNO5S. The number of carbonyl (C=O) groups excluding carboxylic acids is 2. The number of aliphatic hydroxyl groups excluding tert-OH is 1. The minimum atomic E-state index is -0.718. The summed E-state index contributed by atoms with van der Waals surface area (Å²) >= 11 is 7.61. The summed E-state index contributed by atoms with van der Waals surface area (Å²) in [7, 11) is 2.89. The van der Waals surface area contributed by atoms with Crippen LogP contribution >= 0.6 is 22.9 Å². The van der Waals surface area contributed by atoms with E-state index in [1.54, 1.807) is 0 Å². The number of aliphatic hydroxyl groups is 1. The summed E-state index contributed by atoms with van der Waals surface area (Å²) in [6.07, 6.45) is 0.687. The number of benzene rings is 1. The van der Waals surface area contributed by atoms with Crippen molar-refractivity contribution in [2.24, 2.45) is 0 Å². The fraction of sp³-hybridized carbons (Fsp3) is 0.333. The van der Waals surface area contributed by atoms with E-state index in [0.29, 0.717) is 23.7 Å². The van der Waals surface area contributed by atoms with Crippen LogP contribution in [-0.2, 0) is 9.59 Å². The van der Waals surface area contributed by atoms with E-state index < -0.39 is 17.7 Å². The van der Waals surface area contributed by atoms with Gasteiger partial charge in [0, 0.05) is 17.5 Å². The van der Waals surface area contributed by atoms with Gasteiger partial charge in [0.05, 0.1) is 36.4 Å². The number of ketones is 1. The quantitative estimate of drug-likeness (QED) is 0.409. The van der Waals surface area contributed by atoms with E-state index in [1.165, 1.54) is 42.6 Å². The SMILES string of the molecule is CCCN1C(=O)C(=O)/C(=C(/O)c2cc(OC)c(Cl)cc2OC)C1c1sccc1C. The summed E-state index contributed by atoms with van der Waals surface area (Å²) in [5, 5.41) is 13.4. The molecule has 1 aromatic heterocycles. The van der Waals surface area contributed by atoms with Crippen molar-refractivity contribution in [2.75, 3.05) is 20.8 Å². The van der Waals surface area contributed by atoms with Gasteiger partial charge < -0.3 is 19.5 Å². The monoisotopic (exact) mass is 435 g/mol. The third-order valence-corrected chi connectivity index (χ3v) is 6.25. The molecule has 0 aliphatic carbocycles. The van der Waals surface area contributed by atoms with Crippen LogP contribution in [0.25, 0.3) is 5.76 Å². The highest BCUT2D eigenvalue weighted by Crippen LogP contribution is 2.45. The molecule has 1 aliphatic rings. The summed E-state index contributed by atoms with van der Waals surface area (Å²) in [5.74, 6) is -1.06. The van der Waals surface area contributed by atoms with Crippen LogP contribution < -0.4 is 9.47 Å². The number of carbonyl (C=O) groups is 2. The van der Waals surface area contributed by atoms with Crippen LogP contribution in [-0.4, -0.2) is 42.5 Å². The number of rotatable bonds is 6. The summed E-state index contributed by atoms with van der Waals surface area (Å²) in [6, 6.07) is 4.28. The zero-order valence-corrected chi connectivity index (χ0v) is 18.2. The number of hydrogen-bond donors (Lipinski definition) is 1. The molecule has 1 unspecified atom stereocenters. The highest BCUT2D eigenvalue weighted by molar-refractivity contribution is 7.10. The van der Waals surface area contributed by atoms with Crippen molar-refractivity contribution in [3.05, 3.63) is 50.2 Å². The maximum absolute atomic E-state index is 12.9. The number of likely N-dealkylation sites (tertiary alicyclic amines) is 1. The fourth-order valence-corrected chi connectivity index (χ4v) is 4.76. The fourth-order valence-electron chi connectivity index (χ4n) is 3.48. The van der Waals surface area contributed by atoms with E-state index in [4.69, 9.17) is 21.1 Å². The van der Waals surface area contributed by atoms with Crippen molar-refractivity contribution in [2.45, 2.75) is 26.3 Å². The topological polar surface area (TPSA) is 76.1 Å². The Hall–Kier alpha value is -2.51. The molecule has 154 valence electrons. The molecule has 1 saturated heterocycles. The first-order chi connectivity index (χ1) is 13.8. The molecule has 0 radical (unpaired) electrons. The lowest BCUT2D eigenvalue weighted by molar-refractivity contribution is -0.139. The second kappa shape index (κ2) is 8.47. The van der Waals surface area contributed by atoms with Crippen LogP contribution in [0, 0.1) is 6.92 Å². The molecular weight excluding hydrogens is 414 g/mol. The molecule has 3 rings (SSSR count). The summed E-state index contributed by atoms with van der Waals surface area (Å²) in [4.78, 5) is 28.1. The number of Topliss-reactive ketones (excluding diaryl/α,β-unsaturated/α-hetero) is 1. The molecule has 2 aromatic rings. The van der Waals surface area contributed by atoms with Gasteiger partial charge in [-0.05, 0) is 36.4 Å². The van der Waals surface area contributed by atoms with Crippen molar-refractivity contribution in [1.29, 1.82) is 0 Å². The predicted octanol–water partition coefficient (Wildman–Crippen LogP) is 4.56. The average molecular weight is 436 g/mol. The van der Waals surface area contributed by atoms with Gasteiger partial charge in [0.1, 0.15) is 17.3 Å². The van der Waals surface area contributed by atoms with E-state index in [-0.39, 0.29) is 22.6 Å². The standard InChI is InChI=1S/C21H22ClNO5S/c1-5-7-23-17(20-11(2)6-8-29-20)16(19(25)21(23)26)18(24)12-9-15(28-4)13(22)10-14(12)27-3/h6,8-10,17,24H,5,7H2,1-4H3/b18-16+. The van der Waals surface area contributed by atoms with Crippen molar-refractivity contribution in [1.82, 2.24) is 4.90 Å². The average Bonchev–Trinajstić information content (AvgIpc) is 3.23. The van der Waals surface area contributed by atoms with Gasteiger partial charge in [0.2, 0.25) is 0 Å². The molecule has 1 N–H and O–H groups in total. The lowest BCUT2D eigenvalue weighted by atomic mass is 9.97. The predicted molar refractivity (Wildman–Crippen MR) is 113 cm³/mol. The van der Waals surface area contributed by atoms with Crippen LogP contribution in [0.4, 0.5) is 0 Å². The molecule has 0 saturated carbocycles. The molecule has 2 heterocycles. The van der Waals surface area contributed by atoms with Crippen molar-refractivity contribution in [3.63, 3.8) is 0 Å². The minimum absolute atomic E-state index is 0.0386. The summed E-state index contributed by atoms with van der Waals surface area (Å²) in [5.41, 5.74) is 1.23. The Bertz CT molecular complexity index is 997. The Kier molecular flexibility index (Phi) is 6.19. The normalized spacial score (nSPS) is 18.4. The smallest absolute Gasteiger partial charge is 0.295 e. The van der Waals surface area contributed by atoms with E-state index in [1.807, 2.05) is 25.3 Å². The molecule has 1 amide bonds. The number of hydrogen-bond acceptors (Lipinski definition) is 6. The molecule has 1 fully saturated rings. The van der Waals surface area contributed by atoms with Gasteiger partial charge >= 0.3 is 0 Å². The van der Waals surface area contributed by atoms with Gasteiger partial charge in [-0.2, -0.15) is 0 Å². The zero-order valence-electron chi connectivity index (χ0n) is 16.6. The largest absolute Gasteiger partial charge is 0.507 e. The molecule has 0 bridgehead atoms. The molecule has 1 atom stereocenters. The van der Waals surface area contributed by atoms with E-state index in [2.05, 4.69) is 0 Å². The van der Waals surface area contributed by atoms with Gasteiger partial charge in [0.15, 0.2) is 0 Å². The van der Waals surface area contributed by atoms with Crippen LogP contribution in [0.1, 0.15) is 35.4 Å². The molecule has 6 nitrogen and oxygen atoms in total. The molecule has 0 spiro atoms. The summed E-state index contributed by atoms with van der Waals surface area (Å²) < 4.78 is 10.6. The molecule has 1 aromatic carbocycles. The summed E-state index contributed by atoms with van der Waals surface area (Å²) in [6.45, 7) is 4.26. The number of aryl methyl sites for hydroxylation is 1. The van der Waals surface area contributed by atoms with Gasteiger partial charge in [-0.3, -0.25) is 9.59 Å². The van der Waals surface area contributed by atoms with Crippen molar-refractivity contribution < 1.29 is 24.2 Å². The third kappa shape index (κ3) is 3.60. The third-order valence-electron chi connectivity index (χ3n) is 4.88. The first-order valence-electron chi connectivity index (χ1n) is 9.09. The van der Waals surface area contributed by atoms with Crippen molar-refractivity contribution in [3.8, 4) is 11.5 Å². The number of thiophene rings is 1. The van der Waals surface area contributed by atoms with Crippen LogP contribution in [0.5, 0.6) is 11.5 Å². The van der Waals surface area contributed by atoms with Crippen LogP contribution in [0.15, 0.2) is 29.2 Å². The van der Waals surface area contributed by atoms with E-state index in [9.17, 15) is 14.7 Å². The Morgan fingerprint density at radius 3 is 2.48 bits per heavy atom. The maximum Gasteiger partial charge on any atom is 0.295 e. The van der Waals surface area contributed by atoms with Gasteiger partial charge in [-0.25, -0.2) is 0 Å². The first kappa shape index (κ1) is 21.2. The van der Waals surface area contributed by atoms with E-state index in [0.717, 1.165) is 10.4 Å². The second-order valence-corrected chi connectivity index (χ2v) is 8.00. The first-order valence-corrected chi connectivity index (χ1v) is 10.4. The lowest BCUT2D eigenvalue weighted by Crippen LogP contribution is -2.30. The van der Waals surface area contributed by atoms with Gasteiger partial charge in [0.25, 0.3) is 11.7 Å². The maximum atomic E-state index is 12.9. The van der Waals surface area contributed by atoms with Gasteiger partial charge in [-0.15, -0.1) is 11.3 Å². The van der Waals surface area contributed by atoms with Crippen molar-refractivity contribution >= 4 is 40.4 Å². The number of methoxy groups -OCH3 is 2. The van der Waals surface area contributed by atoms with Crippen LogP contribution in [0.3, 0.4) is 0 Å². The second-order valence-electron chi connectivity index (χ2n) is 6.65. The Morgan fingerprint density at radius 2 is 1.93 bits per heavy atom. The Labute approximate surface area is 178 Å². The zero-order chi connectivity index (χ0) is 21.3. The molecule has 8 heteroatoms. The number of halogens is 1. The highest BCUT2D eigenvalue weighted by Gasteiger charge is 2.47. The van der Waals surface area contributed by atoms with E-state index >= 15 is 0 Å².